The highest BCUT2D eigenvalue weighted by molar-refractivity contribution is 7.47. The lowest BCUT2D eigenvalue weighted by atomic mass is 10.0. The van der Waals surface area contributed by atoms with Crippen LogP contribution in [0.3, 0.4) is 0 Å². The first-order chi connectivity index (χ1) is 28.1. The topological polar surface area (TPSA) is 169 Å². The minimum atomic E-state index is -4.76. The number of amides is 1. The summed E-state index contributed by atoms with van der Waals surface area (Å²) < 4.78 is 26.9. The number of aliphatic hydroxyl groups is 1. The van der Waals surface area contributed by atoms with Crippen LogP contribution in [0, 0.1) is 0 Å². The number of hydrogen-bond acceptors (Lipinski definition) is 8. The Morgan fingerprint density at radius 1 is 0.552 bits per heavy atom. The molecule has 1 amide bonds. The number of phosphoric ester groups is 1. The SMILES string of the molecule is CCCCCC/C=C\C/C=C\CCCCCCCCCC(=O)NC(COP(=O)(O)OCC(O)COC(=O)CCCCCCCCCCCCCCCCCC)C(=O)O. The average Bonchev–Trinajstić information content (AvgIpc) is 3.20. The van der Waals surface area contributed by atoms with E-state index in [0.29, 0.717) is 12.8 Å². The van der Waals surface area contributed by atoms with Crippen molar-refractivity contribution < 1.29 is 47.8 Å². The number of aliphatic carboxylic acids is 1. The van der Waals surface area contributed by atoms with Crippen molar-refractivity contribution in [2.75, 3.05) is 19.8 Å². The molecule has 3 atom stereocenters. The minimum absolute atomic E-state index is 0.138. The Hall–Kier alpha value is -2.04. The highest BCUT2D eigenvalue weighted by atomic mass is 31.2. The molecule has 0 aromatic heterocycles. The van der Waals surface area contributed by atoms with Gasteiger partial charge in [0.2, 0.25) is 5.91 Å². The van der Waals surface area contributed by atoms with Crippen molar-refractivity contribution >= 4 is 25.7 Å². The summed E-state index contributed by atoms with van der Waals surface area (Å²) in [6.45, 7) is 2.60. The first-order valence-corrected chi connectivity index (χ1v) is 24.9. The van der Waals surface area contributed by atoms with Crippen LogP contribution in [0.1, 0.15) is 219 Å². The number of carbonyl (C=O) groups excluding carboxylic acids is 2. The van der Waals surface area contributed by atoms with E-state index in [1.54, 1.807) is 0 Å². The second kappa shape index (κ2) is 41.7. The average molecular weight is 844 g/mol. The molecule has 0 heterocycles. The van der Waals surface area contributed by atoms with Gasteiger partial charge in [-0.2, -0.15) is 0 Å². The molecular weight excluding hydrogens is 757 g/mol. The number of carbonyl (C=O) groups is 3. The second-order valence-corrected chi connectivity index (χ2v) is 17.4. The zero-order chi connectivity index (χ0) is 42.8. The van der Waals surface area contributed by atoms with Crippen LogP contribution in [0.25, 0.3) is 0 Å². The Morgan fingerprint density at radius 3 is 1.41 bits per heavy atom. The van der Waals surface area contributed by atoms with E-state index in [9.17, 15) is 34.1 Å². The van der Waals surface area contributed by atoms with Gasteiger partial charge >= 0.3 is 19.8 Å². The number of rotatable bonds is 44. The quantitative estimate of drug-likeness (QED) is 0.0200. The molecule has 340 valence electrons. The zero-order valence-electron chi connectivity index (χ0n) is 36.9. The summed E-state index contributed by atoms with van der Waals surface area (Å²) in [7, 11) is -4.76. The van der Waals surface area contributed by atoms with E-state index in [-0.39, 0.29) is 12.8 Å². The lowest BCUT2D eigenvalue weighted by Gasteiger charge is -2.18. The van der Waals surface area contributed by atoms with Crippen molar-refractivity contribution in [2.24, 2.45) is 0 Å². The van der Waals surface area contributed by atoms with Gasteiger partial charge in [0.05, 0.1) is 13.2 Å². The summed E-state index contributed by atoms with van der Waals surface area (Å²) in [5, 5.41) is 21.9. The molecule has 0 saturated heterocycles. The lowest BCUT2D eigenvalue weighted by Crippen LogP contribution is -2.43. The Labute approximate surface area is 353 Å². The number of hydrogen-bond donors (Lipinski definition) is 4. The van der Waals surface area contributed by atoms with Crippen LogP contribution in [-0.2, 0) is 32.7 Å². The zero-order valence-corrected chi connectivity index (χ0v) is 37.8. The van der Waals surface area contributed by atoms with Crippen molar-refractivity contribution in [3.05, 3.63) is 24.3 Å². The molecule has 0 spiro atoms. The van der Waals surface area contributed by atoms with Gasteiger partial charge in [-0.05, 0) is 44.9 Å². The fourth-order valence-electron chi connectivity index (χ4n) is 6.58. The van der Waals surface area contributed by atoms with Gasteiger partial charge in [-0.1, -0.05) is 186 Å². The first kappa shape index (κ1) is 56.0. The largest absolute Gasteiger partial charge is 0.480 e. The predicted octanol–water partition coefficient (Wildman–Crippen LogP) is 12.2. The molecule has 0 aromatic carbocycles. The Morgan fingerprint density at radius 2 is 0.948 bits per heavy atom. The molecule has 0 aromatic rings. The summed E-state index contributed by atoms with van der Waals surface area (Å²) in [6.07, 6.45) is 43.3. The standard InChI is InChI=1S/C46H86NO10P/c1-3-5-7-9-11-13-15-17-19-21-22-23-25-27-29-31-33-35-37-44(49)47-43(46(51)52)41-57-58(53,54)56-40-42(48)39-55-45(50)38-36-34-32-30-28-26-24-20-18-16-14-12-10-8-6-4-2/h13,15,19,21,42-43,48H,3-12,14,16-18,20,22-41H2,1-2H3,(H,47,49)(H,51,52)(H,53,54)/b15-13-,21-19-. The van der Waals surface area contributed by atoms with Crippen LogP contribution < -0.4 is 5.32 Å². The maximum absolute atomic E-state index is 12.3. The Bertz CT molecular complexity index is 1080. The third kappa shape index (κ3) is 40.7. The van der Waals surface area contributed by atoms with Gasteiger partial charge in [0.1, 0.15) is 12.7 Å². The number of carboxylic acid groups (broad SMARTS) is 1. The van der Waals surface area contributed by atoms with Crippen molar-refractivity contribution in [3.63, 3.8) is 0 Å². The van der Waals surface area contributed by atoms with Crippen LogP contribution in [0.4, 0.5) is 0 Å². The smallest absolute Gasteiger partial charge is 0.472 e. The molecule has 0 aliphatic heterocycles. The van der Waals surface area contributed by atoms with Crippen LogP contribution in [0.2, 0.25) is 0 Å². The fourth-order valence-corrected chi connectivity index (χ4v) is 7.35. The molecule has 0 rings (SSSR count). The third-order valence-corrected chi connectivity index (χ3v) is 11.2. The number of carboxylic acids is 1. The van der Waals surface area contributed by atoms with Gasteiger partial charge in [0, 0.05) is 12.8 Å². The number of ether oxygens (including phenoxy) is 1. The summed E-state index contributed by atoms with van der Waals surface area (Å²) >= 11 is 0. The van der Waals surface area contributed by atoms with E-state index in [4.69, 9.17) is 13.8 Å². The van der Waals surface area contributed by atoms with E-state index in [1.807, 2.05) is 0 Å². The van der Waals surface area contributed by atoms with E-state index < -0.39 is 57.6 Å². The number of unbranched alkanes of at least 4 members (excludes halogenated alkanes) is 26. The van der Waals surface area contributed by atoms with Crippen molar-refractivity contribution in [1.82, 2.24) is 5.32 Å². The molecule has 0 saturated carbocycles. The fraction of sp³-hybridized carbons (Fsp3) is 0.848. The maximum Gasteiger partial charge on any atom is 0.472 e. The third-order valence-electron chi connectivity index (χ3n) is 10.2. The molecule has 3 unspecified atom stereocenters. The summed E-state index contributed by atoms with van der Waals surface area (Å²) in [5.41, 5.74) is 0. The lowest BCUT2D eigenvalue weighted by molar-refractivity contribution is -0.147. The number of esters is 1. The maximum atomic E-state index is 12.3. The van der Waals surface area contributed by atoms with E-state index >= 15 is 0 Å². The number of allylic oxidation sites excluding steroid dienone is 4. The monoisotopic (exact) mass is 844 g/mol. The molecule has 0 aliphatic rings. The molecule has 0 aliphatic carbocycles. The van der Waals surface area contributed by atoms with Crippen LogP contribution in [-0.4, -0.2) is 64.9 Å². The molecule has 12 heteroatoms. The van der Waals surface area contributed by atoms with Crippen LogP contribution >= 0.6 is 7.82 Å². The molecule has 4 N–H and O–H groups in total. The van der Waals surface area contributed by atoms with E-state index in [2.05, 4.69) is 43.5 Å². The Kier molecular flexibility index (Phi) is 40.2. The number of nitrogens with one attached hydrogen (secondary N) is 1. The van der Waals surface area contributed by atoms with Crippen molar-refractivity contribution in [1.29, 1.82) is 0 Å². The first-order valence-electron chi connectivity index (χ1n) is 23.4. The molecule has 0 bridgehead atoms. The predicted molar refractivity (Wildman–Crippen MR) is 236 cm³/mol. The van der Waals surface area contributed by atoms with Gasteiger partial charge in [0.15, 0.2) is 6.04 Å². The van der Waals surface area contributed by atoms with Gasteiger partial charge in [-0.3, -0.25) is 18.6 Å². The number of aliphatic hydroxyl groups excluding tert-OH is 1. The molecule has 58 heavy (non-hydrogen) atoms. The van der Waals surface area contributed by atoms with Crippen molar-refractivity contribution in [3.8, 4) is 0 Å². The highest BCUT2D eigenvalue weighted by Gasteiger charge is 2.28. The van der Waals surface area contributed by atoms with Gasteiger partial charge in [-0.25, -0.2) is 9.36 Å². The van der Waals surface area contributed by atoms with E-state index in [0.717, 1.165) is 57.8 Å². The van der Waals surface area contributed by atoms with Crippen molar-refractivity contribution in [2.45, 2.75) is 231 Å². The van der Waals surface area contributed by atoms with Gasteiger partial charge < -0.3 is 25.2 Å². The second-order valence-electron chi connectivity index (χ2n) is 15.9. The normalized spacial score (nSPS) is 13.9. The minimum Gasteiger partial charge on any atom is -0.480 e. The number of phosphoric acid groups is 1. The molecule has 0 fully saturated rings. The molecule has 0 radical (unpaired) electrons. The van der Waals surface area contributed by atoms with Gasteiger partial charge in [0.25, 0.3) is 0 Å². The highest BCUT2D eigenvalue weighted by Crippen LogP contribution is 2.43. The van der Waals surface area contributed by atoms with Crippen LogP contribution in [0.5, 0.6) is 0 Å². The van der Waals surface area contributed by atoms with Crippen LogP contribution in [0.15, 0.2) is 24.3 Å². The molecular formula is C46H86NO10P. The summed E-state index contributed by atoms with van der Waals surface area (Å²) in [6, 6.07) is -1.55. The van der Waals surface area contributed by atoms with Gasteiger partial charge in [-0.15, -0.1) is 0 Å². The summed E-state index contributed by atoms with van der Waals surface area (Å²) in [4.78, 5) is 46.0. The Balaban J connectivity index is 3.87. The summed E-state index contributed by atoms with van der Waals surface area (Å²) in [5.74, 6) is -2.37. The van der Waals surface area contributed by atoms with E-state index in [1.165, 1.54) is 122 Å². The molecule has 11 nitrogen and oxygen atoms in total.